The van der Waals surface area contributed by atoms with E-state index in [0.717, 1.165) is 28.6 Å². The standard InChI is InChI=1S/C33H37NO6S/c1-6-37-29-21-24(9-16-28(29)40-20-19-39-27-14-10-25(11-15-27)33(3,4)5)22-30-31(35)34(32(36)41-30)17-18-38-26-12-7-23(2)8-13-26/h7-16,21-22H,6,17-20H2,1-5H3/b30-22-. The van der Waals surface area contributed by atoms with E-state index in [1.54, 1.807) is 18.2 Å². The summed E-state index contributed by atoms with van der Waals surface area (Å²) in [5.74, 6) is 2.29. The van der Waals surface area contributed by atoms with Gasteiger partial charge >= 0.3 is 0 Å². The van der Waals surface area contributed by atoms with Crippen molar-refractivity contribution >= 4 is 29.0 Å². The van der Waals surface area contributed by atoms with E-state index in [9.17, 15) is 9.59 Å². The second-order valence-corrected chi connectivity index (χ2v) is 11.6. The van der Waals surface area contributed by atoms with E-state index in [4.69, 9.17) is 18.9 Å². The van der Waals surface area contributed by atoms with Gasteiger partial charge in [0, 0.05) is 0 Å². The lowest BCUT2D eigenvalue weighted by atomic mass is 9.87. The molecule has 0 saturated carbocycles. The maximum atomic E-state index is 12.9. The van der Waals surface area contributed by atoms with Crippen LogP contribution in [0, 0.1) is 6.92 Å². The largest absolute Gasteiger partial charge is 0.492 e. The number of rotatable bonds is 12. The molecular formula is C33H37NO6S. The molecule has 3 aromatic carbocycles. The molecule has 0 aromatic heterocycles. The van der Waals surface area contributed by atoms with Gasteiger partial charge in [0.15, 0.2) is 11.5 Å². The van der Waals surface area contributed by atoms with Crippen molar-refractivity contribution in [1.29, 1.82) is 0 Å². The number of hydrogen-bond donors (Lipinski definition) is 0. The highest BCUT2D eigenvalue weighted by Crippen LogP contribution is 2.35. The van der Waals surface area contributed by atoms with Crippen molar-refractivity contribution in [3.8, 4) is 23.0 Å². The zero-order valence-corrected chi connectivity index (χ0v) is 25.1. The molecule has 1 aliphatic rings. The first kappa shape index (κ1) is 30.1. The molecule has 0 atom stereocenters. The third-order valence-electron chi connectivity index (χ3n) is 6.37. The van der Waals surface area contributed by atoms with Crippen molar-refractivity contribution in [2.45, 2.75) is 40.0 Å². The topological polar surface area (TPSA) is 74.3 Å². The van der Waals surface area contributed by atoms with Gasteiger partial charge < -0.3 is 18.9 Å². The second kappa shape index (κ2) is 13.6. The third kappa shape index (κ3) is 8.30. The van der Waals surface area contributed by atoms with E-state index < -0.39 is 0 Å². The lowest BCUT2D eigenvalue weighted by Crippen LogP contribution is -2.32. The van der Waals surface area contributed by atoms with Crippen LogP contribution in [-0.2, 0) is 10.2 Å². The first-order chi connectivity index (χ1) is 19.6. The SMILES string of the molecule is CCOc1cc(/C=C2\SC(=O)N(CCOc3ccc(C)cc3)C2=O)ccc1OCCOc1ccc(C(C)(C)C)cc1. The molecule has 1 heterocycles. The number of aryl methyl sites for hydroxylation is 1. The Hall–Kier alpha value is -3.91. The van der Waals surface area contributed by atoms with Crippen LogP contribution < -0.4 is 18.9 Å². The predicted octanol–water partition coefficient (Wildman–Crippen LogP) is 7.26. The molecule has 0 N–H and O–H groups in total. The fraction of sp³-hybridized carbons (Fsp3) is 0.333. The summed E-state index contributed by atoms with van der Waals surface area (Å²) in [6.07, 6.45) is 1.70. The Labute approximate surface area is 246 Å². The number of nitrogens with zero attached hydrogens (tertiary/aromatic N) is 1. The average molecular weight is 576 g/mol. The molecule has 4 rings (SSSR count). The van der Waals surface area contributed by atoms with Crippen molar-refractivity contribution in [2.75, 3.05) is 33.0 Å². The van der Waals surface area contributed by atoms with Gasteiger partial charge in [0.2, 0.25) is 0 Å². The van der Waals surface area contributed by atoms with E-state index in [0.29, 0.717) is 42.0 Å². The van der Waals surface area contributed by atoms with Crippen LogP contribution in [0.15, 0.2) is 71.6 Å². The van der Waals surface area contributed by atoms with Gasteiger partial charge in [-0.1, -0.05) is 56.7 Å². The molecule has 0 bridgehead atoms. The van der Waals surface area contributed by atoms with Gasteiger partial charge in [-0.25, -0.2) is 0 Å². The number of ether oxygens (including phenoxy) is 4. The fourth-order valence-corrected chi connectivity index (χ4v) is 4.96. The first-order valence-corrected chi connectivity index (χ1v) is 14.5. The summed E-state index contributed by atoms with van der Waals surface area (Å²) in [5.41, 5.74) is 3.21. The Morgan fingerprint density at radius 3 is 2.07 bits per heavy atom. The smallest absolute Gasteiger partial charge is 0.293 e. The van der Waals surface area contributed by atoms with Crippen molar-refractivity contribution in [1.82, 2.24) is 4.90 Å². The minimum Gasteiger partial charge on any atom is -0.492 e. The number of hydrogen-bond acceptors (Lipinski definition) is 7. The molecular weight excluding hydrogens is 538 g/mol. The molecule has 3 aromatic rings. The Balaban J connectivity index is 1.32. The highest BCUT2D eigenvalue weighted by molar-refractivity contribution is 8.18. The molecule has 0 unspecified atom stereocenters. The number of imide groups is 1. The van der Waals surface area contributed by atoms with Crippen molar-refractivity contribution in [3.05, 3.63) is 88.3 Å². The van der Waals surface area contributed by atoms with E-state index in [2.05, 4.69) is 32.9 Å². The second-order valence-electron chi connectivity index (χ2n) is 10.6. The summed E-state index contributed by atoms with van der Waals surface area (Å²) >= 11 is 0.919. The van der Waals surface area contributed by atoms with Crippen LogP contribution >= 0.6 is 11.8 Å². The van der Waals surface area contributed by atoms with Crippen LogP contribution in [-0.4, -0.2) is 49.0 Å². The van der Waals surface area contributed by atoms with E-state index in [1.165, 1.54) is 10.5 Å². The number of carbonyl (C=O) groups excluding carboxylic acids is 2. The molecule has 8 heteroatoms. The maximum absolute atomic E-state index is 12.9. The summed E-state index contributed by atoms with van der Waals surface area (Å²) in [6.45, 7) is 12.0. The molecule has 2 amide bonds. The molecule has 7 nitrogen and oxygen atoms in total. The van der Waals surface area contributed by atoms with Gasteiger partial charge in [0.25, 0.3) is 11.1 Å². The Kier molecular flexibility index (Phi) is 10.00. The highest BCUT2D eigenvalue weighted by Gasteiger charge is 2.34. The lowest BCUT2D eigenvalue weighted by Gasteiger charge is -2.19. The Bertz CT molecular complexity index is 1380. The van der Waals surface area contributed by atoms with Crippen LogP contribution in [0.1, 0.15) is 44.4 Å². The third-order valence-corrected chi connectivity index (χ3v) is 7.28. The van der Waals surface area contributed by atoms with Gasteiger partial charge in [-0.2, -0.15) is 0 Å². The Morgan fingerprint density at radius 2 is 1.41 bits per heavy atom. The zero-order valence-electron chi connectivity index (χ0n) is 24.3. The average Bonchev–Trinajstić information content (AvgIpc) is 3.20. The van der Waals surface area contributed by atoms with Crippen LogP contribution in [0.25, 0.3) is 6.08 Å². The van der Waals surface area contributed by atoms with Gasteiger partial charge in [-0.15, -0.1) is 0 Å². The van der Waals surface area contributed by atoms with Gasteiger partial charge in [0.1, 0.15) is 31.3 Å². The van der Waals surface area contributed by atoms with Crippen LogP contribution in [0.3, 0.4) is 0 Å². The normalized spacial score (nSPS) is 14.5. The van der Waals surface area contributed by atoms with Gasteiger partial charge in [-0.05, 0) is 84.6 Å². The lowest BCUT2D eigenvalue weighted by molar-refractivity contribution is -0.123. The van der Waals surface area contributed by atoms with Crippen molar-refractivity contribution in [3.63, 3.8) is 0 Å². The molecule has 41 heavy (non-hydrogen) atoms. The van der Waals surface area contributed by atoms with Gasteiger partial charge in [-0.3, -0.25) is 14.5 Å². The number of benzene rings is 3. The number of carbonyl (C=O) groups is 2. The number of amides is 2. The summed E-state index contributed by atoms with van der Waals surface area (Å²) < 4.78 is 23.3. The quantitative estimate of drug-likeness (QED) is 0.166. The van der Waals surface area contributed by atoms with Crippen LogP contribution in [0.2, 0.25) is 0 Å². The minimum atomic E-state index is -0.335. The molecule has 0 spiro atoms. The van der Waals surface area contributed by atoms with Crippen molar-refractivity contribution in [2.24, 2.45) is 0 Å². The molecule has 1 saturated heterocycles. The van der Waals surface area contributed by atoms with Crippen LogP contribution in [0.5, 0.6) is 23.0 Å². The minimum absolute atomic E-state index is 0.0922. The van der Waals surface area contributed by atoms with Crippen LogP contribution in [0.4, 0.5) is 4.79 Å². The molecule has 1 aliphatic heterocycles. The summed E-state index contributed by atoms with van der Waals surface area (Å²) in [6, 6.07) is 21.2. The first-order valence-electron chi connectivity index (χ1n) is 13.7. The number of thioether (sulfide) groups is 1. The molecule has 1 fully saturated rings. The highest BCUT2D eigenvalue weighted by atomic mass is 32.2. The summed E-state index contributed by atoms with van der Waals surface area (Å²) in [4.78, 5) is 27.0. The summed E-state index contributed by atoms with van der Waals surface area (Å²) in [7, 11) is 0. The molecule has 0 aliphatic carbocycles. The van der Waals surface area contributed by atoms with E-state index >= 15 is 0 Å². The summed E-state index contributed by atoms with van der Waals surface area (Å²) in [5, 5.41) is -0.313. The zero-order chi connectivity index (χ0) is 29.4. The van der Waals surface area contributed by atoms with E-state index in [-0.39, 0.29) is 29.7 Å². The van der Waals surface area contributed by atoms with E-state index in [1.807, 2.05) is 56.3 Å². The maximum Gasteiger partial charge on any atom is 0.293 e. The fourth-order valence-electron chi connectivity index (χ4n) is 4.10. The van der Waals surface area contributed by atoms with Gasteiger partial charge in [0.05, 0.1) is 18.1 Å². The molecule has 0 radical (unpaired) electrons. The monoisotopic (exact) mass is 575 g/mol. The van der Waals surface area contributed by atoms with Crippen molar-refractivity contribution < 1.29 is 28.5 Å². The Morgan fingerprint density at radius 1 is 0.780 bits per heavy atom. The predicted molar refractivity (Wildman–Crippen MR) is 163 cm³/mol. The molecule has 216 valence electrons.